The number of aromatic nitrogens is 2. The van der Waals surface area contributed by atoms with Crippen LogP contribution in [-0.4, -0.2) is 23.1 Å². The van der Waals surface area contributed by atoms with Crippen LogP contribution in [0.5, 0.6) is 5.75 Å². The monoisotopic (exact) mass is 429 g/mol. The van der Waals surface area contributed by atoms with E-state index in [4.69, 9.17) is 9.72 Å². The largest absolute Gasteiger partial charge is 0.497 e. The predicted octanol–water partition coefficient (Wildman–Crippen LogP) is 6.50. The first-order chi connectivity index (χ1) is 15.2. The molecule has 0 radical (unpaired) electrons. The third kappa shape index (κ3) is 4.42. The number of aryl methyl sites for hydroxylation is 1. The summed E-state index contributed by atoms with van der Waals surface area (Å²) in [6.07, 6.45) is 6.67. The van der Waals surface area contributed by atoms with Gasteiger partial charge in [0.05, 0.1) is 23.2 Å². The molecule has 5 heteroatoms. The zero-order valence-electron chi connectivity index (χ0n) is 18.0. The van der Waals surface area contributed by atoms with Crippen LogP contribution in [-0.2, 0) is 6.42 Å². The van der Waals surface area contributed by atoms with Gasteiger partial charge in [0.2, 0.25) is 0 Å². The number of rotatable bonds is 6. The summed E-state index contributed by atoms with van der Waals surface area (Å²) >= 11 is 1.88. The Morgan fingerprint density at radius 2 is 2.03 bits per heavy atom. The van der Waals surface area contributed by atoms with Crippen molar-refractivity contribution in [3.05, 3.63) is 71.2 Å². The zero-order chi connectivity index (χ0) is 21.2. The fraction of sp³-hybridized carbons (Fsp3) is 0.308. The van der Waals surface area contributed by atoms with Crippen LogP contribution in [0.25, 0.3) is 21.5 Å². The molecule has 1 saturated carbocycles. The average molecular weight is 430 g/mol. The molecule has 1 N–H and O–H groups in total. The number of nitrogens with zero attached hydrogens (tertiary/aromatic N) is 2. The number of hydrogen-bond acceptors (Lipinski definition) is 5. The highest BCUT2D eigenvalue weighted by Crippen LogP contribution is 2.35. The zero-order valence-corrected chi connectivity index (χ0v) is 18.8. The molecule has 4 nitrogen and oxygen atoms in total. The Labute approximate surface area is 187 Å². The molecule has 0 aliphatic heterocycles. The fourth-order valence-corrected chi connectivity index (χ4v) is 5.69. The Morgan fingerprint density at radius 3 is 2.87 bits per heavy atom. The second kappa shape index (κ2) is 8.67. The number of methoxy groups -OCH3 is 1. The number of hydrogen-bond donors (Lipinski definition) is 1. The normalized spacial score (nSPS) is 18.4. The molecule has 1 aliphatic rings. The van der Waals surface area contributed by atoms with E-state index in [1.165, 1.54) is 34.6 Å². The summed E-state index contributed by atoms with van der Waals surface area (Å²) in [7, 11) is 1.70. The second-order valence-corrected chi connectivity index (χ2v) is 9.58. The lowest BCUT2D eigenvalue weighted by atomic mass is 10.0. The maximum Gasteiger partial charge on any atom is 0.127 e. The molecule has 0 unspecified atom stereocenters. The van der Waals surface area contributed by atoms with Crippen LogP contribution in [0.15, 0.2) is 60.8 Å². The van der Waals surface area contributed by atoms with Gasteiger partial charge in [-0.05, 0) is 92.6 Å². The van der Waals surface area contributed by atoms with Crippen molar-refractivity contribution in [2.45, 2.75) is 38.6 Å². The van der Waals surface area contributed by atoms with E-state index >= 15 is 0 Å². The number of pyridine rings is 2. The van der Waals surface area contributed by atoms with E-state index in [1.54, 1.807) is 7.11 Å². The van der Waals surface area contributed by atoms with E-state index in [1.807, 2.05) is 41.8 Å². The lowest BCUT2D eigenvalue weighted by Crippen LogP contribution is -2.17. The van der Waals surface area contributed by atoms with Crippen LogP contribution in [0.4, 0.5) is 5.82 Å². The number of ether oxygens (including phenoxy) is 1. The van der Waals surface area contributed by atoms with Crippen LogP contribution in [0, 0.1) is 12.8 Å². The number of nitrogens with one attached hydrogen (secondary N) is 1. The van der Waals surface area contributed by atoms with E-state index < -0.39 is 0 Å². The van der Waals surface area contributed by atoms with Gasteiger partial charge in [-0.2, -0.15) is 0 Å². The molecule has 1 aromatic carbocycles. The van der Waals surface area contributed by atoms with Crippen molar-refractivity contribution in [2.24, 2.45) is 5.92 Å². The first-order valence-corrected chi connectivity index (χ1v) is 11.7. The van der Waals surface area contributed by atoms with E-state index in [-0.39, 0.29) is 0 Å². The van der Waals surface area contributed by atoms with Gasteiger partial charge in [-0.1, -0.05) is 6.07 Å². The summed E-state index contributed by atoms with van der Waals surface area (Å²) in [5.74, 6) is 2.57. The summed E-state index contributed by atoms with van der Waals surface area (Å²) in [5, 5.41) is 4.85. The Hall–Kier alpha value is -2.92. The third-order valence-electron chi connectivity index (χ3n) is 6.18. The van der Waals surface area contributed by atoms with Gasteiger partial charge in [0.15, 0.2) is 0 Å². The van der Waals surface area contributed by atoms with Gasteiger partial charge in [-0.25, -0.2) is 4.98 Å². The molecular formula is C26H27N3OS. The molecule has 0 saturated heterocycles. The molecule has 2 atom stereocenters. The summed E-state index contributed by atoms with van der Waals surface area (Å²) in [4.78, 5) is 12.0. The predicted molar refractivity (Wildman–Crippen MR) is 129 cm³/mol. The van der Waals surface area contributed by atoms with Crippen molar-refractivity contribution in [3.8, 4) is 16.3 Å². The minimum Gasteiger partial charge on any atom is -0.497 e. The standard InChI is InChI=1S/C26H27N3OS/c1-17-13-26(29-23-10-8-20(30-2)16-22(17)23)28-19-7-6-18(14-19)15-21-9-11-25(31-21)24-5-3-4-12-27-24/h3-5,8-13,16,18-19H,6-7,14-15H2,1-2H3,(H,28,29)/t18-,19-/m0/s1. The topological polar surface area (TPSA) is 47.0 Å². The highest BCUT2D eigenvalue weighted by molar-refractivity contribution is 7.15. The molecule has 0 amide bonds. The first kappa shape index (κ1) is 20.0. The summed E-state index contributed by atoms with van der Waals surface area (Å²) in [6, 6.07) is 19.3. The minimum atomic E-state index is 0.489. The Morgan fingerprint density at radius 1 is 1.10 bits per heavy atom. The summed E-state index contributed by atoms with van der Waals surface area (Å²) in [5.41, 5.74) is 3.31. The molecule has 1 fully saturated rings. The molecule has 3 aromatic heterocycles. The van der Waals surface area contributed by atoms with Gasteiger partial charge in [-0.3, -0.25) is 4.98 Å². The molecule has 1 aliphatic carbocycles. The van der Waals surface area contributed by atoms with Crippen LogP contribution >= 0.6 is 11.3 Å². The van der Waals surface area contributed by atoms with Crippen LogP contribution in [0.2, 0.25) is 0 Å². The quantitative estimate of drug-likeness (QED) is 0.380. The van der Waals surface area contributed by atoms with E-state index in [9.17, 15) is 0 Å². The van der Waals surface area contributed by atoms with Crippen molar-refractivity contribution < 1.29 is 4.74 Å². The van der Waals surface area contributed by atoms with Crippen LogP contribution in [0.1, 0.15) is 29.7 Å². The highest BCUT2D eigenvalue weighted by Gasteiger charge is 2.25. The van der Waals surface area contributed by atoms with Gasteiger partial charge < -0.3 is 10.1 Å². The molecule has 3 heterocycles. The number of fused-ring (bicyclic) bond motifs is 1. The molecular weight excluding hydrogens is 402 g/mol. The van der Waals surface area contributed by atoms with Crippen molar-refractivity contribution in [3.63, 3.8) is 0 Å². The summed E-state index contributed by atoms with van der Waals surface area (Å²) < 4.78 is 5.36. The van der Waals surface area contributed by atoms with E-state index in [0.717, 1.165) is 40.5 Å². The van der Waals surface area contributed by atoms with Crippen LogP contribution < -0.4 is 10.1 Å². The number of thiophene rings is 1. The Bertz CT molecular complexity index is 1190. The lowest BCUT2D eigenvalue weighted by Gasteiger charge is -2.15. The van der Waals surface area contributed by atoms with Gasteiger partial charge in [0, 0.05) is 22.5 Å². The molecule has 5 rings (SSSR count). The summed E-state index contributed by atoms with van der Waals surface area (Å²) in [6.45, 7) is 2.14. The Balaban J connectivity index is 1.23. The lowest BCUT2D eigenvalue weighted by molar-refractivity contribution is 0.415. The van der Waals surface area contributed by atoms with Gasteiger partial charge in [0.1, 0.15) is 11.6 Å². The van der Waals surface area contributed by atoms with Crippen molar-refractivity contribution in [1.29, 1.82) is 0 Å². The number of benzene rings is 1. The van der Waals surface area contributed by atoms with E-state index in [2.05, 4.69) is 47.6 Å². The Kier molecular flexibility index (Phi) is 5.60. The fourth-order valence-electron chi connectivity index (χ4n) is 4.59. The first-order valence-electron chi connectivity index (χ1n) is 10.9. The highest BCUT2D eigenvalue weighted by atomic mass is 32.1. The molecule has 0 spiro atoms. The smallest absolute Gasteiger partial charge is 0.127 e. The van der Waals surface area contributed by atoms with Crippen molar-refractivity contribution in [2.75, 3.05) is 12.4 Å². The molecule has 0 bridgehead atoms. The SMILES string of the molecule is COc1ccc2nc(N[C@H]3CC[C@H](Cc4ccc(-c5ccccn5)s4)C3)cc(C)c2c1. The second-order valence-electron chi connectivity index (χ2n) is 8.41. The maximum absolute atomic E-state index is 5.36. The third-order valence-corrected chi connectivity index (χ3v) is 7.31. The van der Waals surface area contributed by atoms with Gasteiger partial charge in [0.25, 0.3) is 0 Å². The van der Waals surface area contributed by atoms with Crippen molar-refractivity contribution in [1.82, 2.24) is 9.97 Å². The minimum absolute atomic E-state index is 0.489. The van der Waals surface area contributed by atoms with Crippen LogP contribution in [0.3, 0.4) is 0 Å². The molecule has 158 valence electrons. The molecule has 31 heavy (non-hydrogen) atoms. The van der Waals surface area contributed by atoms with Gasteiger partial charge >= 0.3 is 0 Å². The number of anilines is 1. The molecule has 4 aromatic rings. The van der Waals surface area contributed by atoms with Gasteiger partial charge in [-0.15, -0.1) is 11.3 Å². The van der Waals surface area contributed by atoms with Crippen molar-refractivity contribution >= 4 is 28.1 Å². The average Bonchev–Trinajstić information content (AvgIpc) is 3.44. The van der Waals surface area contributed by atoms with E-state index in [0.29, 0.717) is 6.04 Å². The maximum atomic E-state index is 5.36.